The van der Waals surface area contributed by atoms with Crippen LogP contribution in [0.15, 0.2) is 0 Å². The fourth-order valence-corrected chi connectivity index (χ4v) is 2.96. The molecule has 0 aromatic heterocycles. The lowest BCUT2D eigenvalue weighted by Gasteiger charge is -2.44. The molecule has 0 spiro atoms. The molecule has 2 unspecified atom stereocenters. The summed E-state index contributed by atoms with van der Waals surface area (Å²) in [6.07, 6.45) is -3.40. The third-order valence-electron chi connectivity index (χ3n) is 3.90. The molecule has 17 heavy (non-hydrogen) atoms. The van der Waals surface area contributed by atoms with Crippen molar-refractivity contribution in [2.75, 3.05) is 0 Å². The Hall–Kier alpha value is -0.240. The van der Waals surface area contributed by atoms with Crippen molar-refractivity contribution >= 4 is 0 Å². The van der Waals surface area contributed by atoms with E-state index < -0.39 is 41.8 Å². The Morgan fingerprint density at radius 3 is 1.65 bits per heavy atom. The van der Waals surface area contributed by atoms with Crippen molar-refractivity contribution in [3.63, 3.8) is 0 Å². The second kappa shape index (κ2) is 3.01. The highest BCUT2D eigenvalue weighted by molar-refractivity contribution is 5.15. The zero-order valence-corrected chi connectivity index (χ0v) is 10.3. The number of fused-ring (bicyclic) bond motifs is 5. The average molecular weight is 246 g/mol. The van der Waals surface area contributed by atoms with E-state index in [4.69, 9.17) is 18.9 Å². The largest absolute Gasteiger partial charge is 0.365 e. The maximum absolute atomic E-state index is 9.91. The van der Waals surface area contributed by atoms with E-state index in [2.05, 4.69) is 0 Å². The van der Waals surface area contributed by atoms with Gasteiger partial charge in [-0.25, -0.2) is 0 Å². The maximum atomic E-state index is 9.91. The molecular formula is C11H18O6. The van der Waals surface area contributed by atoms with Gasteiger partial charge in [0.15, 0.2) is 18.4 Å². The summed E-state index contributed by atoms with van der Waals surface area (Å²) < 4.78 is 22.4. The summed E-state index contributed by atoms with van der Waals surface area (Å²) in [7, 11) is 0. The molecule has 6 atom stereocenters. The number of hydrogen-bond donors (Lipinski definition) is 2. The molecule has 3 fully saturated rings. The fourth-order valence-electron chi connectivity index (χ4n) is 2.96. The van der Waals surface area contributed by atoms with Crippen molar-refractivity contribution in [1.82, 2.24) is 0 Å². The smallest absolute Gasteiger partial charge is 0.189 e. The summed E-state index contributed by atoms with van der Waals surface area (Å²) in [5.41, 5.74) is -2.04. The lowest BCUT2D eigenvalue weighted by molar-refractivity contribution is -0.394. The summed E-state index contributed by atoms with van der Waals surface area (Å²) >= 11 is 0. The molecule has 0 aliphatic carbocycles. The Bertz CT molecular complexity index is 328. The van der Waals surface area contributed by atoms with E-state index >= 15 is 0 Å². The van der Waals surface area contributed by atoms with Crippen LogP contribution in [0.4, 0.5) is 0 Å². The van der Waals surface area contributed by atoms with Gasteiger partial charge < -0.3 is 29.2 Å². The molecular weight excluding hydrogens is 228 g/mol. The van der Waals surface area contributed by atoms with Crippen LogP contribution in [0.2, 0.25) is 0 Å². The molecule has 0 aromatic rings. The van der Waals surface area contributed by atoms with Crippen LogP contribution in [-0.2, 0) is 18.9 Å². The molecule has 0 saturated carbocycles. The van der Waals surface area contributed by atoms with Crippen LogP contribution in [0.5, 0.6) is 0 Å². The van der Waals surface area contributed by atoms with E-state index in [-0.39, 0.29) is 0 Å². The lowest BCUT2D eigenvalue weighted by atomic mass is 9.93. The quantitative estimate of drug-likeness (QED) is 0.612. The van der Waals surface area contributed by atoms with Gasteiger partial charge in [0.25, 0.3) is 0 Å². The second-order valence-electron chi connectivity index (χ2n) is 5.79. The summed E-state index contributed by atoms with van der Waals surface area (Å²) in [6, 6.07) is 0. The zero-order valence-electron chi connectivity index (χ0n) is 10.3. The van der Waals surface area contributed by atoms with Gasteiger partial charge in [-0.3, -0.25) is 0 Å². The Balaban J connectivity index is 2.05. The van der Waals surface area contributed by atoms with Crippen molar-refractivity contribution in [3.8, 4) is 0 Å². The molecule has 98 valence electrons. The van der Waals surface area contributed by atoms with Gasteiger partial charge in [-0.1, -0.05) is 0 Å². The first kappa shape index (κ1) is 11.8. The first-order valence-electron chi connectivity index (χ1n) is 5.76. The van der Waals surface area contributed by atoms with Crippen molar-refractivity contribution < 1.29 is 29.2 Å². The molecule has 3 rings (SSSR count). The Morgan fingerprint density at radius 2 is 1.24 bits per heavy atom. The number of ether oxygens (including phenoxy) is 4. The molecule has 0 amide bonds. The van der Waals surface area contributed by atoms with Crippen LogP contribution < -0.4 is 0 Å². The fraction of sp³-hybridized carbons (Fsp3) is 1.00. The molecule has 2 N–H and O–H groups in total. The van der Waals surface area contributed by atoms with Crippen LogP contribution in [0.1, 0.15) is 27.7 Å². The summed E-state index contributed by atoms with van der Waals surface area (Å²) in [6.45, 7) is 7.01. The minimum absolute atomic E-state index is 0.463. The highest BCUT2D eigenvalue weighted by Gasteiger charge is 2.73. The molecule has 3 aliphatic heterocycles. The molecule has 3 heterocycles. The third-order valence-corrected chi connectivity index (χ3v) is 3.90. The first-order valence-corrected chi connectivity index (χ1v) is 5.76. The van der Waals surface area contributed by atoms with E-state index in [0.717, 1.165) is 0 Å². The zero-order chi connectivity index (χ0) is 12.6. The maximum Gasteiger partial charge on any atom is 0.189 e. The van der Waals surface area contributed by atoms with Gasteiger partial charge in [-0.2, -0.15) is 0 Å². The van der Waals surface area contributed by atoms with E-state index in [9.17, 15) is 10.2 Å². The van der Waals surface area contributed by atoms with E-state index in [0.29, 0.717) is 0 Å². The third kappa shape index (κ3) is 1.31. The van der Waals surface area contributed by atoms with Gasteiger partial charge in [0.2, 0.25) is 0 Å². The molecule has 0 aromatic carbocycles. The topological polar surface area (TPSA) is 77.4 Å². The Labute approximate surface area is 99.4 Å². The monoisotopic (exact) mass is 246 g/mol. The van der Waals surface area contributed by atoms with Gasteiger partial charge in [-0.15, -0.1) is 0 Å². The normalized spacial score (nSPS) is 60.4. The van der Waals surface area contributed by atoms with E-state index in [1.165, 1.54) is 0 Å². The van der Waals surface area contributed by atoms with Crippen molar-refractivity contribution in [2.24, 2.45) is 0 Å². The Kier molecular flexibility index (Phi) is 2.10. The van der Waals surface area contributed by atoms with Crippen LogP contribution in [0.25, 0.3) is 0 Å². The van der Waals surface area contributed by atoms with Crippen molar-refractivity contribution in [2.45, 2.75) is 69.5 Å². The van der Waals surface area contributed by atoms with E-state index in [1.54, 1.807) is 27.7 Å². The van der Waals surface area contributed by atoms with Crippen LogP contribution in [0.3, 0.4) is 0 Å². The first-order chi connectivity index (χ1) is 7.69. The van der Waals surface area contributed by atoms with Crippen LogP contribution in [-0.4, -0.2) is 52.0 Å². The highest BCUT2D eigenvalue weighted by Crippen LogP contribution is 2.54. The SMILES string of the molecule is CC1(C)O[C@@H]2[C@H](O1)[C@]1(C)O[C@@]2(C)C(O)OC1O. The minimum Gasteiger partial charge on any atom is -0.365 e. The van der Waals surface area contributed by atoms with Crippen LogP contribution >= 0.6 is 0 Å². The molecule has 3 aliphatic rings. The molecule has 6 nitrogen and oxygen atoms in total. The number of aliphatic hydroxyl groups is 2. The van der Waals surface area contributed by atoms with Gasteiger partial charge >= 0.3 is 0 Å². The van der Waals surface area contributed by atoms with Gasteiger partial charge in [-0.05, 0) is 27.7 Å². The van der Waals surface area contributed by atoms with E-state index in [1.807, 2.05) is 0 Å². The molecule has 3 saturated heterocycles. The minimum atomic E-state index is -1.24. The number of aliphatic hydroxyl groups excluding tert-OH is 2. The standard InChI is InChI=1S/C11H18O6/c1-9(2)15-5-6(16-9)11(4)8(13)14-7(12)10(5,3)17-11/h5-8,12-13H,1-4H3/t5-,6+,7?,8?,10-,11+. The Morgan fingerprint density at radius 1 is 0.824 bits per heavy atom. The lowest BCUT2D eigenvalue weighted by Crippen LogP contribution is -2.60. The number of rotatable bonds is 0. The second-order valence-corrected chi connectivity index (χ2v) is 5.79. The molecule has 2 bridgehead atoms. The van der Waals surface area contributed by atoms with Gasteiger partial charge in [0.05, 0.1) is 0 Å². The van der Waals surface area contributed by atoms with Crippen molar-refractivity contribution in [1.29, 1.82) is 0 Å². The number of hydrogen-bond acceptors (Lipinski definition) is 6. The summed E-state index contributed by atoms with van der Waals surface area (Å²) in [5.74, 6) is -0.752. The van der Waals surface area contributed by atoms with Gasteiger partial charge in [0.1, 0.15) is 23.4 Å². The average Bonchev–Trinajstić information content (AvgIpc) is 2.60. The van der Waals surface area contributed by atoms with Crippen LogP contribution in [0, 0.1) is 0 Å². The van der Waals surface area contributed by atoms with Gasteiger partial charge in [0, 0.05) is 0 Å². The summed E-state index contributed by atoms with van der Waals surface area (Å²) in [5, 5.41) is 19.8. The predicted molar refractivity (Wildman–Crippen MR) is 54.8 cm³/mol. The summed E-state index contributed by atoms with van der Waals surface area (Å²) in [4.78, 5) is 0. The predicted octanol–water partition coefficient (Wildman–Crippen LogP) is -0.279. The van der Waals surface area contributed by atoms with Crippen molar-refractivity contribution in [3.05, 3.63) is 0 Å². The molecule has 0 radical (unpaired) electrons. The molecule has 6 heteroatoms. The highest BCUT2D eigenvalue weighted by atomic mass is 16.8.